The van der Waals surface area contributed by atoms with Crippen LogP contribution in [-0.2, 0) is 0 Å². The fraction of sp³-hybridized carbons (Fsp3) is 0.111. The Morgan fingerprint density at radius 2 is 2.25 bits per heavy atom. The molecule has 0 spiro atoms. The number of hydrogen-bond acceptors (Lipinski definition) is 2. The number of aryl methyl sites for hydroxylation is 1. The summed E-state index contributed by atoms with van der Waals surface area (Å²) >= 11 is 0. The van der Waals surface area contributed by atoms with E-state index >= 15 is 0 Å². The van der Waals surface area contributed by atoms with Gasteiger partial charge in [-0.3, -0.25) is 4.79 Å². The molecule has 0 saturated heterocycles. The van der Waals surface area contributed by atoms with Crippen molar-refractivity contribution in [3.8, 4) is 6.07 Å². The van der Waals surface area contributed by atoms with Gasteiger partial charge in [0.25, 0.3) is 0 Å². The minimum Gasteiger partial charge on any atom is -0.298 e. The fourth-order valence-electron chi connectivity index (χ4n) is 0.969. The largest absolute Gasteiger partial charge is 0.298 e. The van der Waals surface area contributed by atoms with Crippen molar-refractivity contribution in [1.29, 1.82) is 5.26 Å². The van der Waals surface area contributed by atoms with E-state index in [1.807, 2.05) is 0 Å². The first-order chi connectivity index (χ1) is 5.69. The summed E-state index contributed by atoms with van der Waals surface area (Å²) in [5, 5.41) is 8.45. The molecule has 0 fully saturated rings. The standard InChI is InChI=1S/C9H6FNO/c1-6-2-7(4-11)3-9(10)8(6)5-12/h2-3,5H,1H3. The number of rotatable bonds is 1. The second kappa shape index (κ2) is 3.14. The minimum atomic E-state index is -0.637. The summed E-state index contributed by atoms with van der Waals surface area (Å²) in [4.78, 5) is 10.3. The molecular weight excluding hydrogens is 157 g/mol. The van der Waals surface area contributed by atoms with Gasteiger partial charge in [-0.15, -0.1) is 0 Å². The summed E-state index contributed by atoms with van der Waals surface area (Å²) in [6, 6.07) is 4.34. The molecule has 0 aliphatic heterocycles. The second-order valence-corrected chi connectivity index (χ2v) is 2.42. The molecule has 0 aliphatic carbocycles. The van der Waals surface area contributed by atoms with Gasteiger partial charge in [0.15, 0.2) is 6.29 Å². The Balaban J connectivity index is 3.39. The topological polar surface area (TPSA) is 40.9 Å². The van der Waals surface area contributed by atoms with E-state index in [9.17, 15) is 9.18 Å². The molecule has 0 atom stereocenters. The van der Waals surface area contributed by atoms with E-state index in [2.05, 4.69) is 0 Å². The van der Waals surface area contributed by atoms with E-state index in [0.717, 1.165) is 6.07 Å². The van der Waals surface area contributed by atoms with Crippen molar-refractivity contribution in [1.82, 2.24) is 0 Å². The molecule has 0 saturated carbocycles. The van der Waals surface area contributed by atoms with Gasteiger partial charge in [-0.2, -0.15) is 5.26 Å². The molecule has 0 amide bonds. The van der Waals surface area contributed by atoms with Crippen LogP contribution in [0.15, 0.2) is 12.1 Å². The van der Waals surface area contributed by atoms with Crippen molar-refractivity contribution >= 4 is 6.29 Å². The molecule has 2 nitrogen and oxygen atoms in total. The lowest BCUT2D eigenvalue weighted by atomic mass is 10.1. The van der Waals surface area contributed by atoms with Crippen LogP contribution in [0, 0.1) is 24.1 Å². The predicted molar refractivity (Wildman–Crippen MR) is 41.2 cm³/mol. The fourth-order valence-corrected chi connectivity index (χ4v) is 0.969. The number of nitriles is 1. The summed E-state index contributed by atoms with van der Waals surface area (Å²) in [5.41, 5.74) is 0.742. The summed E-state index contributed by atoms with van der Waals surface area (Å²) in [7, 11) is 0. The van der Waals surface area contributed by atoms with Gasteiger partial charge in [-0.05, 0) is 24.6 Å². The number of benzene rings is 1. The van der Waals surface area contributed by atoms with Crippen molar-refractivity contribution in [2.75, 3.05) is 0 Å². The van der Waals surface area contributed by atoms with Crippen LogP contribution in [-0.4, -0.2) is 6.29 Å². The van der Waals surface area contributed by atoms with Gasteiger partial charge < -0.3 is 0 Å². The van der Waals surface area contributed by atoms with Crippen LogP contribution in [0.2, 0.25) is 0 Å². The van der Waals surface area contributed by atoms with E-state index in [4.69, 9.17) is 5.26 Å². The first-order valence-corrected chi connectivity index (χ1v) is 3.34. The molecule has 12 heavy (non-hydrogen) atoms. The first-order valence-electron chi connectivity index (χ1n) is 3.34. The SMILES string of the molecule is Cc1cc(C#N)cc(F)c1C=O. The third-order valence-electron chi connectivity index (χ3n) is 1.58. The Labute approximate surface area is 69.2 Å². The monoisotopic (exact) mass is 163 g/mol. The lowest BCUT2D eigenvalue weighted by Gasteiger charge is -1.99. The average molecular weight is 163 g/mol. The normalized spacial score (nSPS) is 9.08. The maximum absolute atomic E-state index is 12.9. The zero-order valence-electron chi connectivity index (χ0n) is 6.47. The van der Waals surface area contributed by atoms with Crippen LogP contribution in [0.25, 0.3) is 0 Å². The smallest absolute Gasteiger partial charge is 0.153 e. The molecule has 1 rings (SSSR count). The van der Waals surface area contributed by atoms with E-state index in [1.54, 1.807) is 13.0 Å². The van der Waals surface area contributed by atoms with Gasteiger partial charge >= 0.3 is 0 Å². The van der Waals surface area contributed by atoms with Gasteiger partial charge in [0, 0.05) is 0 Å². The van der Waals surface area contributed by atoms with Crippen LogP contribution in [0.5, 0.6) is 0 Å². The highest BCUT2D eigenvalue weighted by Crippen LogP contribution is 2.13. The third kappa shape index (κ3) is 1.32. The van der Waals surface area contributed by atoms with Gasteiger partial charge in [0.2, 0.25) is 0 Å². The van der Waals surface area contributed by atoms with Crippen LogP contribution >= 0.6 is 0 Å². The molecule has 0 heterocycles. The van der Waals surface area contributed by atoms with Crippen molar-refractivity contribution < 1.29 is 9.18 Å². The van der Waals surface area contributed by atoms with Crippen LogP contribution < -0.4 is 0 Å². The summed E-state index contributed by atoms with van der Waals surface area (Å²) in [6.45, 7) is 1.59. The molecule has 0 aliphatic rings. The molecule has 0 aromatic heterocycles. The number of carbonyl (C=O) groups excluding carboxylic acids is 1. The first kappa shape index (κ1) is 8.41. The van der Waals surface area contributed by atoms with Crippen molar-refractivity contribution in [2.24, 2.45) is 0 Å². The Hall–Kier alpha value is -1.69. The lowest BCUT2D eigenvalue weighted by Crippen LogP contribution is -1.93. The van der Waals surface area contributed by atoms with Crippen molar-refractivity contribution in [3.63, 3.8) is 0 Å². The Kier molecular flexibility index (Phi) is 2.20. The Morgan fingerprint density at radius 1 is 1.58 bits per heavy atom. The molecule has 60 valence electrons. The van der Waals surface area contributed by atoms with Gasteiger partial charge in [-0.25, -0.2) is 4.39 Å². The number of hydrogen-bond donors (Lipinski definition) is 0. The molecular formula is C9H6FNO. The molecule has 1 aromatic carbocycles. The Morgan fingerprint density at radius 3 is 2.67 bits per heavy atom. The number of nitrogens with zero attached hydrogens (tertiary/aromatic N) is 1. The van der Waals surface area contributed by atoms with Gasteiger partial charge in [0.1, 0.15) is 5.82 Å². The molecule has 0 N–H and O–H groups in total. The predicted octanol–water partition coefficient (Wildman–Crippen LogP) is 1.82. The van der Waals surface area contributed by atoms with E-state index in [0.29, 0.717) is 11.8 Å². The van der Waals surface area contributed by atoms with E-state index < -0.39 is 5.82 Å². The minimum absolute atomic E-state index is 0.0222. The van der Waals surface area contributed by atoms with Gasteiger partial charge in [0.05, 0.1) is 17.2 Å². The maximum Gasteiger partial charge on any atom is 0.153 e. The summed E-state index contributed by atoms with van der Waals surface area (Å²) < 4.78 is 12.9. The molecule has 3 heteroatoms. The number of carbonyl (C=O) groups is 1. The van der Waals surface area contributed by atoms with Crippen LogP contribution in [0.3, 0.4) is 0 Å². The zero-order valence-corrected chi connectivity index (χ0v) is 6.47. The lowest BCUT2D eigenvalue weighted by molar-refractivity contribution is 0.111. The van der Waals surface area contributed by atoms with Crippen LogP contribution in [0.1, 0.15) is 21.5 Å². The summed E-state index contributed by atoms with van der Waals surface area (Å²) in [5.74, 6) is -0.637. The molecule has 0 unspecified atom stereocenters. The van der Waals surface area contributed by atoms with Crippen molar-refractivity contribution in [2.45, 2.75) is 6.92 Å². The molecule has 0 radical (unpaired) electrons. The average Bonchev–Trinajstić information content (AvgIpc) is 2.03. The second-order valence-electron chi connectivity index (χ2n) is 2.42. The number of halogens is 1. The highest BCUT2D eigenvalue weighted by atomic mass is 19.1. The molecule has 0 bridgehead atoms. The van der Waals surface area contributed by atoms with E-state index in [1.165, 1.54) is 6.07 Å². The van der Waals surface area contributed by atoms with Crippen molar-refractivity contribution in [3.05, 3.63) is 34.6 Å². The third-order valence-corrected chi connectivity index (χ3v) is 1.58. The summed E-state index contributed by atoms with van der Waals surface area (Å²) in [6.07, 6.45) is 0.450. The van der Waals surface area contributed by atoms with Crippen LogP contribution in [0.4, 0.5) is 4.39 Å². The number of aldehydes is 1. The molecule has 1 aromatic rings. The van der Waals surface area contributed by atoms with Gasteiger partial charge in [-0.1, -0.05) is 0 Å². The van der Waals surface area contributed by atoms with E-state index in [-0.39, 0.29) is 11.1 Å². The zero-order chi connectivity index (χ0) is 9.14. The quantitative estimate of drug-likeness (QED) is 0.592. The Bertz CT molecular complexity index is 342. The highest BCUT2D eigenvalue weighted by Gasteiger charge is 2.05. The maximum atomic E-state index is 12.9. The highest BCUT2D eigenvalue weighted by molar-refractivity contribution is 5.77.